The molecule has 2 aliphatic rings. The molecule has 160 valence electrons. The first-order valence-corrected chi connectivity index (χ1v) is 11.9. The van der Waals surface area contributed by atoms with Crippen LogP contribution in [-0.4, -0.2) is 65.3 Å². The van der Waals surface area contributed by atoms with Gasteiger partial charge in [0.25, 0.3) is 0 Å². The van der Waals surface area contributed by atoms with Crippen molar-refractivity contribution in [1.82, 2.24) is 14.7 Å². The van der Waals surface area contributed by atoms with Crippen molar-refractivity contribution in [2.45, 2.75) is 45.2 Å². The van der Waals surface area contributed by atoms with Crippen LogP contribution in [0.5, 0.6) is 0 Å². The van der Waals surface area contributed by atoms with Crippen LogP contribution < -0.4 is 0 Å². The van der Waals surface area contributed by atoms with Gasteiger partial charge in [0, 0.05) is 56.5 Å². The van der Waals surface area contributed by atoms with Crippen LogP contribution in [0.4, 0.5) is 0 Å². The molecule has 2 aromatic rings. The maximum absolute atomic E-state index is 13.0. The van der Waals surface area contributed by atoms with Crippen LogP contribution in [0.3, 0.4) is 0 Å². The minimum absolute atomic E-state index is 0.0931. The van der Waals surface area contributed by atoms with Crippen molar-refractivity contribution in [2.75, 3.05) is 32.7 Å². The van der Waals surface area contributed by atoms with Crippen LogP contribution in [0, 0.1) is 0 Å². The molecule has 0 saturated carbocycles. The Labute approximate surface area is 183 Å². The van der Waals surface area contributed by atoms with Gasteiger partial charge in [-0.25, -0.2) is 0 Å². The predicted molar refractivity (Wildman–Crippen MR) is 121 cm³/mol. The number of amides is 2. The number of thiophene rings is 1. The lowest BCUT2D eigenvalue weighted by molar-refractivity contribution is -0.142. The average Bonchev–Trinajstić information content (AvgIpc) is 3.25. The van der Waals surface area contributed by atoms with Gasteiger partial charge in [0.05, 0.1) is 6.04 Å². The summed E-state index contributed by atoms with van der Waals surface area (Å²) >= 11 is 1.84. The molecule has 2 atom stereocenters. The van der Waals surface area contributed by atoms with E-state index in [9.17, 15) is 9.59 Å². The summed E-state index contributed by atoms with van der Waals surface area (Å²) in [6.07, 6.45) is 2.11. The molecular formula is C24H31N3O2S. The fourth-order valence-corrected chi connectivity index (χ4v) is 5.69. The summed E-state index contributed by atoms with van der Waals surface area (Å²) in [5.41, 5.74) is 2.69. The quantitative estimate of drug-likeness (QED) is 0.736. The molecule has 30 heavy (non-hydrogen) atoms. The molecular weight excluding hydrogens is 394 g/mol. The Hall–Kier alpha value is -2.18. The molecule has 2 aliphatic heterocycles. The molecule has 0 radical (unpaired) electrons. The topological polar surface area (TPSA) is 43.9 Å². The summed E-state index contributed by atoms with van der Waals surface area (Å²) in [4.78, 5) is 32.8. The summed E-state index contributed by atoms with van der Waals surface area (Å²) in [7, 11) is 0. The number of nitrogens with zero attached hydrogens (tertiary/aromatic N) is 3. The number of carbonyl (C=O) groups is 2. The maximum atomic E-state index is 13.0. The van der Waals surface area contributed by atoms with E-state index in [1.165, 1.54) is 16.0 Å². The van der Waals surface area contributed by atoms with Crippen molar-refractivity contribution in [3.05, 3.63) is 57.8 Å². The van der Waals surface area contributed by atoms with E-state index < -0.39 is 0 Å². The van der Waals surface area contributed by atoms with Gasteiger partial charge in [0.1, 0.15) is 0 Å². The molecule has 0 bridgehead atoms. The molecule has 2 amide bonds. The fourth-order valence-electron chi connectivity index (χ4n) is 4.79. The molecule has 0 spiro atoms. The summed E-state index contributed by atoms with van der Waals surface area (Å²) in [5, 5.41) is 2.19. The van der Waals surface area contributed by atoms with Gasteiger partial charge in [-0.1, -0.05) is 37.3 Å². The molecule has 6 heteroatoms. The van der Waals surface area contributed by atoms with Crippen LogP contribution in [0.25, 0.3) is 0 Å². The SMILES string of the molecule is CCC(=O)N1CCN(C(=O)CCN2CCc3sccc3C2c2ccccc2)CC1C. The molecule has 1 aromatic heterocycles. The Balaban J connectivity index is 1.40. The number of benzene rings is 1. The minimum atomic E-state index is 0.0931. The number of carbonyl (C=O) groups excluding carboxylic acids is 2. The third-order valence-electron chi connectivity index (χ3n) is 6.40. The third-order valence-corrected chi connectivity index (χ3v) is 7.39. The maximum Gasteiger partial charge on any atom is 0.223 e. The van der Waals surface area contributed by atoms with Crippen molar-refractivity contribution in [3.63, 3.8) is 0 Å². The van der Waals surface area contributed by atoms with Crippen LogP contribution in [0.2, 0.25) is 0 Å². The van der Waals surface area contributed by atoms with E-state index in [-0.39, 0.29) is 23.9 Å². The standard InChI is InChI=1S/C24H31N3O2S/c1-3-22(28)27-15-14-26(17-18(27)2)23(29)10-13-25-12-9-21-20(11-16-30-21)24(25)19-7-5-4-6-8-19/h4-8,11,16,18,24H,3,9-10,12-15,17H2,1-2H3. The smallest absolute Gasteiger partial charge is 0.223 e. The van der Waals surface area contributed by atoms with Crippen LogP contribution in [0.1, 0.15) is 48.7 Å². The minimum Gasteiger partial charge on any atom is -0.339 e. The van der Waals surface area contributed by atoms with Gasteiger partial charge >= 0.3 is 0 Å². The Morgan fingerprint density at radius 2 is 1.87 bits per heavy atom. The Morgan fingerprint density at radius 3 is 2.60 bits per heavy atom. The van der Waals surface area contributed by atoms with Gasteiger partial charge in [-0.15, -0.1) is 11.3 Å². The molecule has 2 unspecified atom stereocenters. The summed E-state index contributed by atoms with van der Waals surface area (Å²) in [6, 6.07) is 13.2. The van der Waals surface area contributed by atoms with E-state index in [0.29, 0.717) is 32.5 Å². The second-order valence-corrected chi connectivity index (χ2v) is 9.28. The van der Waals surface area contributed by atoms with Crippen LogP contribution in [-0.2, 0) is 16.0 Å². The van der Waals surface area contributed by atoms with E-state index in [1.54, 1.807) is 0 Å². The van der Waals surface area contributed by atoms with E-state index in [4.69, 9.17) is 0 Å². The first-order chi connectivity index (χ1) is 14.6. The van der Waals surface area contributed by atoms with Crippen molar-refractivity contribution in [1.29, 1.82) is 0 Å². The van der Waals surface area contributed by atoms with E-state index in [1.807, 2.05) is 35.0 Å². The Kier molecular flexibility index (Phi) is 6.54. The molecule has 1 aromatic carbocycles. The molecule has 0 aliphatic carbocycles. The average molecular weight is 426 g/mol. The zero-order valence-corrected chi connectivity index (χ0v) is 18.7. The van der Waals surface area contributed by atoms with Gasteiger partial charge in [-0.3, -0.25) is 14.5 Å². The first kappa shape index (κ1) is 21.1. The normalized spacial score (nSPS) is 22.1. The predicted octanol–water partition coefficient (Wildman–Crippen LogP) is 3.56. The van der Waals surface area contributed by atoms with E-state index in [2.05, 4.69) is 46.7 Å². The lowest BCUT2D eigenvalue weighted by Gasteiger charge is -2.40. The van der Waals surface area contributed by atoms with Gasteiger partial charge in [0.2, 0.25) is 11.8 Å². The summed E-state index contributed by atoms with van der Waals surface area (Å²) < 4.78 is 0. The van der Waals surface area contributed by atoms with Crippen molar-refractivity contribution in [3.8, 4) is 0 Å². The van der Waals surface area contributed by atoms with Gasteiger partial charge in [-0.05, 0) is 35.9 Å². The molecule has 0 N–H and O–H groups in total. The molecule has 1 fully saturated rings. The largest absolute Gasteiger partial charge is 0.339 e. The van der Waals surface area contributed by atoms with Crippen molar-refractivity contribution >= 4 is 23.2 Å². The highest BCUT2D eigenvalue weighted by Crippen LogP contribution is 2.37. The summed E-state index contributed by atoms with van der Waals surface area (Å²) in [5.74, 6) is 0.383. The molecule has 3 heterocycles. The lowest BCUT2D eigenvalue weighted by Crippen LogP contribution is -2.55. The lowest BCUT2D eigenvalue weighted by atomic mass is 9.93. The number of piperazine rings is 1. The monoisotopic (exact) mass is 425 g/mol. The van der Waals surface area contributed by atoms with Gasteiger partial charge < -0.3 is 9.80 Å². The Bertz CT molecular complexity index is 882. The van der Waals surface area contributed by atoms with Gasteiger partial charge in [0.15, 0.2) is 0 Å². The number of hydrogen-bond acceptors (Lipinski definition) is 4. The highest BCUT2D eigenvalue weighted by Gasteiger charge is 2.32. The molecule has 5 nitrogen and oxygen atoms in total. The zero-order valence-electron chi connectivity index (χ0n) is 17.9. The molecule has 4 rings (SSSR count). The third kappa shape index (κ3) is 4.30. The number of rotatable bonds is 5. The highest BCUT2D eigenvalue weighted by molar-refractivity contribution is 7.10. The van der Waals surface area contributed by atoms with E-state index >= 15 is 0 Å². The van der Waals surface area contributed by atoms with Crippen LogP contribution >= 0.6 is 11.3 Å². The van der Waals surface area contributed by atoms with Crippen LogP contribution in [0.15, 0.2) is 41.8 Å². The number of hydrogen-bond donors (Lipinski definition) is 0. The summed E-state index contributed by atoms with van der Waals surface area (Å²) in [6.45, 7) is 7.61. The second-order valence-electron chi connectivity index (χ2n) is 8.28. The highest BCUT2D eigenvalue weighted by atomic mass is 32.1. The second kappa shape index (κ2) is 9.31. The van der Waals surface area contributed by atoms with E-state index in [0.717, 1.165) is 19.5 Å². The Morgan fingerprint density at radius 1 is 1.07 bits per heavy atom. The van der Waals surface area contributed by atoms with Crippen molar-refractivity contribution < 1.29 is 9.59 Å². The molecule has 1 saturated heterocycles. The fraction of sp³-hybridized carbons (Fsp3) is 0.500. The zero-order chi connectivity index (χ0) is 21.1. The first-order valence-electron chi connectivity index (χ1n) is 11.0. The number of fused-ring (bicyclic) bond motifs is 1. The van der Waals surface area contributed by atoms with Crippen molar-refractivity contribution in [2.24, 2.45) is 0 Å². The van der Waals surface area contributed by atoms with Gasteiger partial charge in [-0.2, -0.15) is 0 Å².